The molecule has 0 heterocycles. The lowest BCUT2D eigenvalue weighted by molar-refractivity contribution is -0.125. The second kappa shape index (κ2) is 11.5. The second-order valence-electron chi connectivity index (χ2n) is 5.73. The molecule has 0 aliphatic rings. The summed E-state index contributed by atoms with van der Waals surface area (Å²) in [5, 5.41) is 6.50. The van der Waals surface area contributed by atoms with Crippen molar-refractivity contribution in [3.05, 3.63) is 33.8 Å². The topological polar surface area (TPSA) is 84.2 Å². The van der Waals surface area contributed by atoms with Crippen molar-refractivity contribution < 1.29 is 9.59 Å². The van der Waals surface area contributed by atoms with Gasteiger partial charge in [0.25, 0.3) is 0 Å². The summed E-state index contributed by atoms with van der Waals surface area (Å²) < 4.78 is 0. The Hall–Kier alpha value is -1.01. The molecule has 1 rings (SSSR count). The van der Waals surface area contributed by atoms with E-state index >= 15 is 0 Å². The zero-order valence-electron chi connectivity index (χ0n) is 13.8. The SMILES string of the molecule is CC(C)C(CNC(=O)CNC(=O)CN)Cc1ccc(Cl)cc1Cl.Cl. The van der Waals surface area contributed by atoms with Gasteiger partial charge in [-0.1, -0.05) is 43.1 Å². The van der Waals surface area contributed by atoms with Crippen LogP contribution in [-0.2, 0) is 16.0 Å². The molecule has 0 aromatic heterocycles. The first-order valence-electron chi connectivity index (χ1n) is 7.50. The van der Waals surface area contributed by atoms with Gasteiger partial charge in [-0.2, -0.15) is 0 Å². The average molecular weight is 397 g/mol. The lowest BCUT2D eigenvalue weighted by Crippen LogP contribution is -2.41. The van der Waals surface area contributed by atoms with Crippen molar-refractivity contribution in [1.82, 2.24) is 10.6 Å². The number of rotatable bonds is 8. The van der Waals surface area contributed by atoms with E-state index < -0.39 is 0 Å². The molecule has 0 saturated carbocycles. The second-order valence-corrected chi connectivity index (χ2v) is 6.57. The highest BCUT2D eigenvalue weighted by Crippen LogP contribution is 2.25. The van der Waals surface area contributed by atoms with E-state index in [-0.39, 0.29) is 43.2 Å². The van der Waals surface area contributed by atoms with Gasteiger partial charge < -0.3 is 16.4 Å². The molecule has 0 aliphatic carbocycles. The Balaban J connectivity index is 0.00000529. The summed E-state index contributed by atoms with van der Waals surface area (Å²) in [5.74, 6) is -0.00308. The smallest absolute Gasteiger partial charge is 0.239 e. The third-order valence-corrected chi connectivity index (χ3v) is 4.22. The van der Waals surface area contributed by atoms with E-state index in [9.17, 15) is 9.59 Å². The minimum Gasteiger partial charge on any atom is -0.354 e. The van der Waals surface area contributed by atoms with Crippen molar-refractivity contribution in [3.63, 3.8) is 0 Å². The molecule has 1 aromatic rings. The Morgan fingerprint density at radius 3 is 2.38 bits per heavy atom. The van der Waals surface area contributed by atoms with E-state index in [0.717, 1.165) is 12.0 Å². The molecule has 0 radical (unpaired) electrons. The monoisotopic (exact) mass is 395 g/mol. The molecule has 24 heavy (non-hydrogen) atoms. The van der Waals surface area contributed by atoms with Crippen molar-refractivity contribution in [1.29, 1.82) is 0 Å². The maximum absolute atomic E-state index is 11.7. The summed E-state index contributed by atoms with van der Waals surface area (Å²) >= 11 is 12.1. The van der Waals surface area contributed by atoms with Gasteiger partial charge in [0.15, 0.2) is 0 Å². The van der Waals surface area contributed by atoms with Gasteiger partial charge in [-0.3, -0.25) is 9.59 Å². The lowest BCUT2D eigenvalue weighted by Gasteiger charge is -2.22. The number of carbonyl (C=O) groups excluding carboxylic acids is 2. The number of halogens is 3. The number of benzene rings is 1. The molecule has 136 valence electrons. The Kier molecular flexibility index (Phi) is 11.0. The summed E-state index contributed by atoms with van der Waals surface area (Å²) in [5.41, 5.74) is 6.17. The Morgan fingerprint density at radius 1 is 1.17 bits per heavy atom. The molecule has 0 bridgehead atoms. The van der Waals surface area contributed by atoms with Crippen LogP contribution in [0.25, 0.3) is 0 Å². The van der Waals surface area contributed by atoms with E-state index in [1.165, 1.54) is 0 Å². The van der Waals surface area contributed by atoms with E-state index in [2.05, 4.69) is 24.5 Å². The van der Waals surface area contributed by atoms with Gasteiger partial charge in [-0.15, -0.1) is 12.4 Å². The third kappa shape index (κ3) is 8.20. The molecule has 0 spiro atoms. The highest BCUT2D eigenvalue weighted by atomic mass is 35.5. The van der Waals surface area contributed by atoms with Crippen LogP contribution in [0.1, 0.15) is 19.4 Å². The largest absolute Gasteiger partial charge is 0.354 e. The first-order chi connectivity index (χ1) is 10.8. The van der Waals surface area contributed by atoms with Gasteiger partial charge in [0, 0.05) is 16.6 Å². The average Bonchev–Trinajstić information content (AvgIpc) is 2.50. The molecule has 8 heteroatoms. The fraction of sp³-hybridized carbons (Fsp3) is 0.500. The number of amides is 2. The first-order valence-corrected chi connectivity index (χ1v) is 8.26. The third-order valence-electron chi connectivity index (χ3n) is 3.63. The number of nitrogens with two attached hydrogens (primary N) is 1. The minimum atomic E-state index is -0.353. The molecule has 1 unspecified atom stereocenters. The molecule has 5 nitrogen and oxygen atoms in total. The Morgan fingerprint density at radius 2 is 1.83 bits per heavy atom. The highest BCUT2D eigenvalue weighted by Gasteiger charge is 2.17. The zero-order valence-corrected chi connectivity index (χ0v) is 16.1. The highest BCUT2D eigenvalue weighted by molar-refractivity contribution is 6.35. The maximum Gasteiger partial charge on any atom is 0.239 e. The summed E-state index contributed by atoms with van der Waals surface area (Å²) in [6.07, 6.45) is 0.739. The number of hydrogen-bond acceptors (Lipinski definition) is 3. The lowest BCUT2D eigenvalue weighted by atomic mass is 9.89. The van der Waals surface area contributed by atoms with Crippen molar-refractivity contribution in [2.45, 2.75) is 20.3 Å². The van der Waals surface area contributed by atoms with E-state index in [4.69, 9.17) is 28.9 Å². The molecule has 4 N–H and O–H groups in total. The molecule has 0 saturated heterocycles. The number of hydrogen-bond donors (Lipinski definition) is 3. The summed E-state index contributed by atoms with van der Waals surface area (Å²) in [7, 11) is 0. The predicted molar refractivity (Wildman–Crippen MR) is 101 cm³/mol. The van der Waals surface area contributed by atoms with Crippen molar-refractivity contribution in [3.8, 4) is 0 Å². The number of nitrogens with one attached hydrogen (secondary N) is 2. The van der Waals surface area contributed by atoms with E-state index in [1.807, 2.05) is 6.07 Å². The molecule has 0 fully saturated rings. The van der Waals surface area contributed by atoms with Crippen LogP contribution < -0.4 is 16.4 Å². The fourth-order valence-electron chi connectivity index (χ4n) is 2.07. The van der Waals surface area contributed by atoms with Gasteiger partial charge >= 0.3 is 0 Å². The van der Waals surface area contributed by atoms with Crippen molar-refractivity contribution in [2.75, 3.05) is 19.6 Å². The fourth-order valence-corrected chi connectivity index (χ4v) is 2.56. The van der Waals surface area contributed by atoms with Crippen LogP contribution in [0.15, 0.2) is 18.2 Å². The molecule has 2 amide bonds. The summed E-state index contributed by atoms with van der Waals surface area (Å²) in [6.45, 7) is 4.50. The van der Waals surface area contributed by atoms with Crippen LogP contribution >= 0.6 is 35.6 Å². The standard InChI is InChI=1S/C16H23Cl2N3O2.ClH/c1-10(2)12(5-11-3-4-13(17)6-14(11)18)8-20-16(23)9-21-15(22)7-19;/h3-4,6,10,12H,5,7-9,19H2,1-2H3,(H,20,23)(H,21,22);1H. The molecule has 1 aromatic carbocycles. The first kappa shape index (κ1) is 23.0. The Bertz CT molecular complexity index is 553. The van der Waals surface area contributed by atoms with E-state index in [0.29, 0.717) is 22.5 Å². The van der Waals surface area contributed by atoms with Gasteiger partial charge in [0.1, 0.15) is 0 Å². The Labute approximate surface area is 159 Å². The summed E-state index contributed by atoms with van der Waals surface area (Å²) in [4.78, 5) is 22.8. The van der Waals surface area contributed by atoms with Crippen LogP contribution in [0.4, 0.5) is 0 Å². The number of carbonyl (C=O) groups is 2. The van der Waals surface area contributed by atoms with Gasteiger partial charge in [0.05, 0.1) is 13.1 Å². The predicted octanol–water partition coefficient (Wildman–Crippen LogP) is 2.42. The normalized spacial score (nSPS) is 11.6. The van der Waals surface area contributed by atoms with Crippen LogP contribution in [0, 0.1) is 11.8 Å². The molecule has 0 aliphatic heterocycles. The summed E-state index contributed by atoms with van der Waals surface area (Å²) in [6, 6.07) is 5.43. The molecular weight excluding hydrogens is 373 g/mol. The minimum absolute atomic E-state index is 0. The quantitative estimate of drug-likeness (QED) is 0.631. The molecule has 1 atom stereocenters. The van der Waals surface area contributed by atoms with Crippen molar-refractivity contribution in [2.24, 2.45) is 17.6 Å². The van der Waals surface area contributed by atoms with Crippen molar-refractivity contribution >= 4 is 47.4 Å². The molecular formula is C16H24Cl3N3O2. The van der Waals surface area contributed by atoms with Crippen LogP contribution in [-0.4, -0.2) is 31.4 Å². The maximum atomic E-state index is 11.7. The van der Waals surface area contributed by atoms with Gasteiger partial charge in [-0.25, -0.2) is 0 Å². The van der Waals surface area contributed by atoms with Gasteiger partial charge in [0.2, 0.25) is 11.8 Å². The zero-order chi connectivity index (χ0) is 17.4. The van der Waals surface area contributed by atoms with Crippen LogP contribution in [0.3, 0.4) is 0 Å². The van der Waals surface area contributed by atoms with Crippen LogP contribution in [0.5, 0.6) is 0 Å². The van der Waals surface area contributed by atoms with Gasteiger partial charge in [-0.05, 0) is 36.0 Å². The van der Waals surface area contributed by atoms with E-state index in [1.54, 1.807) is 12.1 Å². The van der Waals surface area contributed by atoms with Crippen LogP contribution in [0.2, 0.25) is 10.0 Å².